The van der Waals surface area contributed by atoms with E-state index in [4.69, 9.17) is 9.47 Å². The number of carbonyl (C=O) groups is 1. The number of anilines is 3. The maximum absolute atomic E-state index is 11.5. The fourth-order valence-electron chi connectivity index (χ4n) is 4.44. The molecule has 5 aromatic carbocycles. The molecule has 0 aliphatic carbocycles. The van der Waals surface area contributed by atoms with Crippen LogP contribution in [0.5, 0.6) is 11.5 Å². The number of benzene rings is 5. The van der Waals surface area contributed by atoms with E-state index < -0.39 is 5.97 Å². The van der Waals surface area contributed by atoms with Crippen molar-refractivity contribution in [2.45, 2.75) is 6.92 Å². The van der Waals surface area contributed by atoms with Gasteiger partial charge in [0, 0.05) is 23.1 Å². The van der Waals surface area contributed by atoms with E-state index in [0.29, 0.717) is 5.75 Å². The Hall–Kier alpha value is -5.35. The van der Waals surface area contributed by atoms with Gasteiger partial charge in [0.25, 0.3) is 0 Å². The SMILES string of the molecule is C=COc1ccc(-c2ccc(N(c3ccc(C)cc3)c3ccc(-c4ccc(OC(=O)C=C)cc4)cc3)cc2)cc1. The molecular formula is C36H29NO3. The van der Waals surface area contributed by atoms with Crippen molar-refractivity contribution in [2.75, 3.05) is 4.90 Å². The average Bonchev–Trinajstić information content (AvgIpc) is 3.00. The lowest BCUT2D eigenvalue weighted by atomic mass is 10.0. The summed E-state index contributed by atoms with van der Waals surface area (Å²) in [5.74, 6) is 0.772. The van der Waals surface area contributed by atoms with Crippen molar-refractivity contribution in [1.29, 1.82) is 0 Å². The van der Waals surface area contributed by atoms with Crippen LogP contribution in [0.15, 0.2) is 147 Å². The first-order chi connectivity index (χ1) is 19.5. The summed E-state index contributed by atoms with van der Waals surface area (Å²) in [5, 5.41) is 0. The summed E-state index contributed by atoms with van der Waals surface area (Å²) >= 11 is 0. The summed E-state index contributed by atoms with van der Waals surface area (Å²) in [6.07, 6.45) is 2.58. The van der Waals surface area contributed by atoms with Crippen molar-refractivity contribution in [2.24, 2.45) is 0 Å². The Labute approximate surface area is 235 Å². The molecule has 5 aromatic rings. The van der Waals surface area contributed by atoms with Gasteiger partial charge in [0.1, 0.15) is 11.5 Å². The molecule has 196 valence electrons. The van der Waals surface area contributed by atoms with Crippen LogP contribution < -0.4 is 14.4 Å². The minimum Gasteiger partial charge on any atom is -0.466 e. The van der Waals surface area contributed by atoms with Gasteiger partial charge in [-0.3, -0.25) is 0 Å². The van der Waals surface area contributed by atoms with Gasteiger partial charge in [-0.05, 0) is 89.8 Å². The average molecular weight is 524 g/mol. The number of hydrogen-bond acceptors (Lipinski definition) is 4. The van der Waals surface area contributed by atoms with Gasteiger partial charge in [-0.15, -0.1) is 0 Å². The van der Waals surface area contributed by atoms with Crippen molar-refractivity contribution in [3.8, 4) is 33.8 Å². The molecule has 4 heteroatoms. The van der Waals surface area contributed by atoms with Gasteiger partial charge in [-0.2, -0.15) is 0 Å². The van der Waals surface area contributed by atoms with Gasteiger partial charge < -0.3 is 14.4 Å². The number of rotatable bonds is 9. The molecule has 40 heavy (non-hydrogen) atoms. The van der Waals surface area contributed by atoms with Gasteiger partial charge >= 0.3 is 5.97 Å². The van der Waals surface area contributed by atoms with Gasteiger partial charge in [0.2, 0.25) is 0 Å². The molecule has 0 aliphatic rings. The Morgan fingerprint density at radius 1 is 0.575 bits per heavy atom. The largest absolute Gasteiger partial charge is 0.466 e. The van der Waals surface area contributed by atoms with Crippen LogP contribution >= 0.6 is 0 Å². The lowest BCUT2D eigenvalue weighted by Gasteiger charge is -2.26. The molecule has 0 radical (unpaired) electrons. The van der Waals surface area contributed by atoms with Crippen LogP contribution in [0.2, 0.25) is 0 Å². The zero-order valence-corrected chi connectivity index (χ0v) is 22.3. The van der Waals surface area contributed by atoms with Crippen LogP contribution in [0.25, 0.3) is 22.3 Å². The van der Waals surface area contributed by atoms with Gasteiger partial charge in [0.05, 0.1) is 6.26 Å². The van der Waals surface area contributed by atoms with E-state index in [9.17, 15) is 4.79 Å². The Kier molecular flexibility index (Phi) is 7.89. The quantitative estimate of drug-likeness (QED) is 0.0835. The molecule has 0 fully saturated rings. The summed E-state index contributed by atoms with van der Waals surface area (Å²) < 4.78 is 10.5. The smallest absolute Gasteiger partial charge is 0.335 e. The van der Waals surface area contributed by atoms with Crippen molar-refractivity contribution in [3.63, 3.8) is 0 Å². The number of nitrogens with zero attached hydrogens (tertiary/aromatic N) is 1. The second-order valence-electron chi connectivity index (χ2n) is 9.22. The highest BCUT2D eigenvalue weighted by atomic mass is 16.5. The Morgan fingerprint density at radius 2 is 0.950 bits per heavy atom. The monoisotopic (exact) mass is 523 g/mol. The van der Waals surface area contributed by atoms with Crippen LogP contribution in [0, 0.1) is 6.92 Å². The van der Waals surface area contributed by atoms with E-state index in [-0.39, 0.29) is 0 Å². The third-order valence-corrected chi connectivity index (χ3v) is 6.52. The summed E-state index contributed by atoms with van der Waals surface area (Å²) in [5.41, 5.74) is 8.71. The highest BCUT2D eigenvalue weighted by Crippen LogP contribution is 2.37. The molecule has 0 aromatic heterocycles. The highest BCUT2D eigenvalue weighted by molar-refractivity contribution is 5.83. The summed E-state index contributed by atoms with van der Waals surface area (Å²) in [6, 6.07) is 40.9. The zero-order chi connectivity index (χ0) is 27.9. The van der Waals surface area contributed by atoms with Crippen molar-refractivity contribution in [1.82, 2.24) is 0 Å². The summed E-state index contributed by atoms with van der Waals surface area (Å²) in [6.45, 7) is 9.13. The van der Waals surface area contributed by atoms with E-state index >= 15 is 0 Å². The molecule has 0 amide bonds. The maximum Gasteiger partial charge on any atom is 0.335 e. The first-order valence-corrected chi connectivity index (χ1v) is 12.9. The number of esters is 1. The van der Waals surface area contributed by atoms with Crippen LogP contribution in [-0.4, -0.2) is 5.97 Å². The standard InChI is InChI=1S/C36H29NO3/c1-4-36(38)40-35-24-14-30(15-25-35)28-10-20-33(21-11-28)37(31-16-6-26(3)7-17-31)32-18-8-27(9-19-32)29-12-22-34(23-13-29)39-5-2/h4-25H,1-2H2,3H3. The van der Waals surface area contributed by atoms with Crippen LogP contribution in [0.3, 0.4) is 0 Å². The highest BCUT2D eigenvalue weighted by Gasteiger charge is 2.13. The van der Waals surface area contributed by atoms with E-state index in [1.165, 1.54) is 11.8 Å². The molecule has 5 rings (SSSR count). The second kappa shape index (κ2) is 12.0. The van der Waals surface area contributed by atoms with Crippen LogP contribution in [0.4, 0.5) is 17.1 Å². The fraction of sp³-hybridized carbons (Fsp3) is 0.0278. The van der Waals surface area contributed by atoms with Crippen molar-refractivity contribution < 1.29 is 14.3 Å². The van der Waals surface area contributed by atoms with E-state index in [1.807, 2.05) is 36.4 Å². The van der Waals surface area contributed by atoms with Crippen LogP contribution in [0.1, 0.15) is 5.56 Å². The lowest BCUT2D eigenvalue weighted by molar-refractivity contribution is -0.128. The van der Waals surface area contributed by atoms with Crippen molar-refractivity contribution in [3.05, 3.63) is 152 Å². The molecule has 0 heterocycles. The van der Waals surface area contributed by atoms with Crippen LogP contribution in [-0.2, 0) is 4.79 Å². The molecule has 0 bridgehead atoms. The Bertz CT molecular complexity index is 1600. The number of carbonyl (C=O) groups excluding carboxylic acids is 1. The fourth-order valence-corrected chi connectivity index (χ4v) is 4.44. The molecule has 4 nitrogen and oxygen atoms in total. The first kappa shape index (κ1) is 26.3. The summed E-state index contributed by atoms with van der Waals surface area (Å²) in [4.78, 5) is 13.7. The number of ether oxygens (including phenoxy) is 2. The third kappa shape index (κ3) is 6.03. The molecule has 0 N–H and O–H groups in total. The van der Waals surface area contributed by atoms with Gasteiger partial charge in [-0.25, -0.2) is 4.79 Å². The molecular weight excluding hydrogens is 494 g/mol. The molecule has 0 saturated heterocycles. The van der Waals surface area contributed by atoms with E-state index in [0.717, 1.165) is 51.1 Å². The molecule has 0 aliphatic heterocycles. The molecule has 0 saturated carbocycles. The number of hydrogen-bond donors (Lipinski definition) is 0. The topological polar surface area (TPSA) is 38.8 Å². The normalized spacial score (nSPS) is 10.4. The predicted octanol–water partition coefficient (Wildman–Crippen LogP) is 9.41. The molecule has 0 unspecified atom stereocenters. The minimum atomic E-state index is -0.475. The third-order valence-electron chi connectivity index (χ3n) is 6.52. The lowest BCUT2D eigenvalue weighted by Crippen LogP contribution is -2.09. The second-order valence-corrected chi connectivity index (χ2v) is 9.22. The Morgan fingerprint density at radius 3 is 1.35 bits per heavy atom. The molecule has 0 atom stereocenters. The summed E-state index contributed by atoms with van der Waals surface area (Å²) in [7, 11) is 0. The first-order valence-electron chi connectivity index (χ1n) is 12.9. The van der Waals surface area contributed by atoms with Gasteiger partial charge in [-0.1, -0.05) is 79.4 Å². The van der Waals surface area contributed by atoms with Gasteiger partial charge in [0.15, 0.2) is 0 Å². The molecule has 0 spiro atoms. The zero-order valence-electron chi connectivity index (χ0n) is 22.3. The number of aryl methyl sites for hydroxylation is 1. The Balaban J connectivity index is 1.43. The predicted molar refractivity (Wildman–Crippen MR) is 163 cm³/mol. The van der Waals surface area contributed by atoms with E-state index in [2.05, 4.69) is 97.8 Å². The van der Waals surface area contributed by atoms with E-state index in [1.54, 1.807) is 12.1 Å². The minimum absolute atomic E-state index is 0.475. The maximum atomic E-state index is 11.5. The van der Waals surface area contributed by atoms with Crippen molar-refractivity contribution >= 4 is 23.0 Å².